The number of aliphatic carboxylic acids is 1. The van der Waals surface area contributed by atoms with Gasteiger partial charge < -0.3 is 15.2 Å². The van der Waals surface area contributed by atoms with Gasteiger partial charge in [-0.15, -0.1) is 0 Å². The Balaban J connectivity index is 2.80. The van der Waals surface area contributed by atoms with Crippen LogP contribution in [-0.2, 0) is 4.79 Å². The van der Waals surface area contributed by atoms with Crippen molar-refractivity contribution in [3.63, 3.8) is 0 Å². The average molecular weight is 287 g/mol. The number of carbonyl (C=O) groups is 2. The van der Waals surface area contributed by atoms with Gasteiger partial charge in [0.15, 0.2) is 0 Å². The quantitative estimate of drug-likeness (QED) is 0.841. The molecular weight excluding hydrogens is 272 g/mol. The number of hydrogen-bond donors (Lipinski definition) is 2. The predicted octanol–water partition coefficient (Wildman–Crippen LogP) is 2.27. The predicted molar refractivity (Wildman–Crippen MR) is 66.9 cm³/mol. The topological polar surface area (TPSA) is 75.6 Å². The number of ether oxygens (including phenoxy) is 1. The van der Waals surface area contributed by atoms with E-state index in [-0.39, 0.29) is 17.7 Å². The van der Waals surface area contributed by atoms with Crippen LogP contribution in [0.1, 0.15) is 30.6 Å². The van der Waals surface area contributed by atoms with Gasteiger partial charge in [-0.1, -0.05) is 6.92 Å². The summed E-state index contributed by atoms with van der Waals surface area (Å²) >= 11 is 0. The number of carboxylic acid groups (broad SMARTS) is 1. The number of carbonyl (C=O) groups excluding carboxylic acids is 1. The van der Waals surface area contributed by atoms with Crippen molar-refractivity contribution in [3.05, 3.63) is 29.8 Å². The Hall–Kier alpha value is -2.18. The molecule has 0 aromatic heterocycles. The van der Waals surface area contributed by atoms with E-state index in [4.69, 9.17) is 5.11 Å². The largest absolute Gasteiger partial charge is 0.480 e. The van der Waals surface area contributed by atoms with Gasteiger partial charge in [-0.3, -0.25) is 4.79 Å². The summed E-state index contributed by atoms with van der Waals surface area (Å²) < 4.78 is 28.1. The molecule has 20 heavy (non-hydrogen) atoms. The molecule has 1 unspecified atom stereocenters. The van der Waals surface area contributed by atoms with Crippen molar-refractivity contribution in [3.8, 4) is 5.75 Å². The van der Waals surface area contributed by atoms with Crippen LogP contribution in [0.5, 0.6) is 5.75 Å². The van der Waals surface area contributed by atoms with E-state index in [0.29, 0.717) is 0 Å². The Kier molecular flexibility index (Phi) is 5.01. The van der Waals surface area contributed by atoms with E-state index in [1.54, 1.807) is 6.92 Å². The van der Waals surface area contributed by atoms with Gasteiger partial charge in [0.25, 0.3) is 5.91 Å². The molecule has 0 fully saturated rings. The van der Waals surface area contributed by atoms with Crippen LogP contribution < -0.4 is 10.1 Å². The Morgan fingerprint density at radius 1 is 1.35 bits per heavy atom. The van der Waals surface area contributed by atoms with E-state index in [1.165, 1.54) is 31.2 Å². The molecule has 1 rings (SSSR count). The molecule has 1 aromatic rings. The maximum absolute atomic E-state index is 12.0. The molecule has 1 atom stereocenters. The van der Waals surface area contributed by atoms with Gasteiger partial charge in [0, 0.05) is 5.56 Å². The second kappa shape index (κ2) is 6.31. The van der Waals surface area contributed by atoms with Gasteiger partial charge in [-0.2, -0.15) is 8.78 Å². The van der Waals surface area contributed by atoms with E-state index < -0.39 is 24.0 Å². The highest BCUT2D eigenvalue weighted by Crippen LogP contribution is 2.16. The highest BCUT2D eigenvalue weighted by molar-refractivity contribution is 5.97. The van der Waals surface area contributed by atoms with E-state index in [2.05, 4.69) is 10.1 Å². The summed E-state index contributed by atoms with van der Waals surface area (Å²) in [6, 6.07) is 4.99. The third-order valence-corrected chi connectivity index (χ3v) is 2.91. The fourth-order valence-electron chi connectivity index (χ4n) is 1.40. The van der Waals surface area contributed by atoms with Crippen molar-refractivity contribution in [2.24, 2.45) is 0 Å². The standard InChI is InChI=1S/C13H15F2NO4/c1-3-13(2,11(18)19)16-10(17)8-4-6-9(7-5-8)20-12(14)15/h4-7,12H,3H2,1-2H3,(H,16,17)(H,18,19). The summed E-state index contributed by atoms with van der Waals surface area (Å²) in [6.07, 6.45) is 0.209. The minimum absolute atomic E-state index is 0.0759. The summed E-state index contributed by atoms with van der Waals surface area (Å²) in [5.41, 5.74) is -1.22. The highest BCUT2D eigenvalue weighted by Gasteiger charge is 2.32. The molecule has 0 spiro atoms. The molecule has 0 saturated carbocycles. The zero-order valence-electron chi connectivity index (χ0n) is 11.0. The molecule has 0 aliphatic carbocycles. The Bertz CT molecular complexity index is 490. The monoisotopic (exact) mass is 287 g/mol. The fraction of sp³-hybridized carbons (Fsp3) is 0.385. The van der Waals surface area contributed by atoms with Crippen LogP contribution in [0.4, 0.5) is 8.78 Å². The van der Waals surface area contributed by atoms with Crippen LogP contribution in [0, 0.1) is 0 Å². The maximum atomic E-state index is 12.0. The molecule has 7 heteroatoms. The number of halogens is 2. The first-order chi connectivity index (χ1) is 9.28. The molecule has 0 aliphatic rings. The Morgan fingerprint density at radius 3 is 2.30 bits per heavy atom. The van der Waals surface area contributed by atoms with Crippen LogP contribution in [0.15, 0.2) is 24.3 Å². The molecule has 110 valence electrons. The van der Waals surface area contributed by atoms with E-state index in [9.17, 15) is 18.4 Å². The lowest BCUT2D eigenvalue weighted by atomic mass is 9.98. The van der Waals surface area contributed by atoms with Crippen LogP contribution in [0.25, 0.3) is 0 Å². The van der Waals surface area contributed by atoms with Crippen molar-refractivity contribution in [2.75, 3.05) is 0 Å². The lowest BCUT2D eigenvalue weighted by molar-refractivity contribution is -0.143. The number of benzene rings is 1. The molecular formula is C13H15F2NO4. The van der Waals surface area contributed by atoms with Gasteiger partial charge in [-0.25, -0.2) is 4.79 Å². The van der Waals surface area contributed by atoms with Crippen molar-refractivity contribution in [1.82, 2.24) is 5.32 Å². The zero-order chi connectivity index (χ0) is 15.3. The first kappa shape index (κ1) is 15.9. The summed E-state index contributed by atoms with van der Waals surface area (Å²) in [5, 5.41) is 11.4. The van der Waals surface area contributed by atoms with Crippen molar-refractivity contribution in [1.29, 1.82) is 0 Å². The van der Waals surface area contributed by atoms with Crippen LogP contribution in [0.2, 0.25) is 0 Å². The Morgan fingerprint density at radius 2 is 1.90 bits per heavy atom. The van der Waals surface area contributed by atoms with Crippen LogP contribution in [0.3, 0.4) is 0 Å². The minimum atomic E-state index is -2.94. The normalized spacial score (nSPS) is 13.7. The maximum Gasteiger partial charge on any atom is 0.387 e. The minimum Gasteiger partial charge on any atom is -0.480 e. The number of alkyl halides is 2. The number of rotatable bonds is 6. The highest BCUT2D eigenvalue weighted by atomic mass is 19.3. The second-order valence-electron chi connectivity index (χ2n) is 4.35. The van der Waals surface area contributed by atoms with Crippen LogP contribution in [-0.4, -0.2) is 29.1 Å². The van der Waals surface area contributed by atoms with E-state index in [1.807, 2.05) is 0 Å². The van der Waals surface area contributed by atoms with Crippen LogP contribution >= 0.6 is 0 Å². The lowest BCUT2D eigenvalue weighted by Crippen LogP contribution is -2.51. The molecule has 0 bridgehead atoms. The smallest absolute Gasteiger partial charge is 0.387 e. The van der Waals surface area contributed by atoms with Crippen molar-refractivity contribution in [2.45, 2.75) is 32.4 Å². The summed E-state index contributed by atoms with van der Waals surface area (Å²) in [4.78, 5) is 23.0. The SMILES string of the molecule is CCC(C)(NC(=O)c1ccc(OC(F)F)cc1)C(=O)O. The average Bonchev–Trinajstić information content (AvgIpc) is 2.38. The molecule has 5 nitrogen and oxygen atoms in total. The molecule has 0 saturated heterocycles. The summed E-state index contributed by atoms with van der Waals surface area (Å²) in [7, 11) is 0. The van der Waals surface area contributed by atoms with Crippen molar-refractivity contribution >= 4 is 11.9 Å². The van der Waals surface area contributed by atoms with Gasteiger partial charge in [0.1, 0.15) is 11.3 Å². The molecule has 0 aliphatic heterocycles. The van der Waals surface area contributed by atoms with Gasteiger partial charge in [0.2, 0.25) is 0 Å². The first-order valence-corrected chi connectivity index (χ1v) is 5.89. The first-order valence-electron chi connectivity index (χ1n) is 5.89. The van der Waals surface area contributed by atoms with Gasteiger partial charge >= 0.3 is 12.6 Å². The third kappa shape index (κ3) is 3.91. The van der Waals surface area contributed by atoms with Crippen molar-refractivity contribution < 1.29 is 28.2 Å². The third-order valence-electron chi connectivity index (χ3n) is 2.91. The molecule has 1 amide bonds. The Labute approximate surface area is 114 Å². The summed E-state index contributed by atoms with van der Waals surface area (Å²) in [6.45, 7) is 0.0835. The fourth-order valence-corrected chi connectivity index (χ4v) is 1.40. The molecule has 0 radical (unpaired) electrons. The number of carboxylic acids is 1. The number of hydrogen-bond acceptors (Lipinski definition) is 3. The number of amides is 1. The summed E-state index contributed by atoms with van der Waals surface area (Å²) in [5.74, 6) is -1.82. The van der Waals surface area contributed by atoms with Gasteiger partial charge in [-0.05, 0) is 37.6 Å². The molecule has 0 heterocycles. The number of nitrogens with one attached hydrogen (secondary N) is 1. The molecule has 2 N–H and O–H groups in total. The second-order valence-corrected chi connectivity index (χ2v) is 4.35. The van der Waals surface area contributed by atoms with Gasteiger partial charge in [0.05, 0.1) is 0 Å². The van der Waals surface area contributed by atoms with E-state index in [0.717, 1.165) is 0 Å². The zero-order valence-corrected chi connectivity index (χ0v) is 11.0. The van der Waals surface area contributed by atoms with E-state index >= 15 is 0 Å². The molecule has 1 aromatic carbocycles. The lowest BCUT2D eigenvalue weighted by Gasteiger charge is -2.24.